The number of carbonyl (C=O) groups is 1. The minimum atomic E-state index is 0.304. The van der Waals surface area contributed by atoms with Crippen molar-refractivity contribution in [2.45, 2.75) is 26.2 Å². The van der Waals surface area contributed by atoms with E-state index in [1.807, 2.05) is 24.0 Å². The fourth-order valence-electron chi connectivity index (χ4n) is 2.23. The molecule has 0 bridgehead atoms. The van der Waals surface area contributed by atoms with Crippen molar-refractivity contribution >= 4 is 17.3 Å². The monoisotopic (exact) mass is 247 g/mol. The summed E-state index contributed by atoms with van der Waals surface area (Å²) in [7, 11) is 0. The number of nitrogens with zero attached hydrogens (tertiary/aromatic N) is 1. The van der Waals surface area contributed by atoms with Crippen molar-refractivity contribution in [1.29, 1.82) is 0 Å². The molecule has 0 aliphatic carbocycles. The topological polar surface area (TPSA) is 58.4 Å². The number of likely N-dealkylation sites (tertiary alicyclic amines) is 1. The van der Waals surface area contributed by atoms with Gasteiger partial charge in [-0.1, -0.05) is 0 Å². The normalized spacial score (nSPS) is 15.2. The molecule has 1 amide bonds. The molecule has 2 rings (SSSR count). The predicted molar refractivity (Wildman–Crippen MR) is 74.5 cm³/mol. The number of hydrogen-bond acceptors (Lipinski definition) is 3. The van der Waals surface area contributed by atoms with Crippen LogP contribution < -0.4 is 11.1 Å². The van der Waals surface area contributed by atoms with Crippen LogP contribution in [0.15, 0.2) is 18.2 Å². The zero-order valence-corrected chi connectivity index (χ0v) is 10.9. The van der Waals surface area contributed by atoms with Crippen LogP contribution in [0, 0.1) is 6.92 Å². The van der Waals surface area contributed by atoms with Crippen molar-refractivity contribution in [3.8, 4) is 0 Å². The molecule has 1 aromatic rings. The molecule has 1 fully saturated rings. The number of benzene rings is 1. The van der Waals surface area contributed by atoms with Gasteiger partial charge in [0.15, 0.2) is 0 Å². The zero-order chi connectivity index (χ0) is 13.0. The third-order valence-corrected chi connectivity index (χ3v) is 3.38. The van der Waals surface area contributed by atoms with E-state index in [0.717, 1.165) is 55.8 Å². The first-order valence-electron chi connectivity index (χ1n) is 6.54. The van der Waals surface area contributed by atoms with E-state index in [2.05, 4.69) is 11.4 Å². The van der Waals surface area contributed by atoms with Gasteiger partial charge < -0.3 is 16.0 Å². The summed E-state index contributed by atoms with van der Waals surface area (Å²) in [6.07, 6.45) is 2.73. The van der Waals surface area contributed by atoms with Crippen molar-refractivity contribution in [2.24, 2.45) is 0 Å². The first kappa shape index (κ1) is 12.7. The maximum Gasteiger partial charge on any atom is 0.222 e. The minimum absolute atomic E-state index is 0.304. The van der Waals surface area contributed by atoms with E-state index >= 15 is 0 Å². The van der Waals surface area contributed by atoms with Crippen LogP contribution in [-0.4, -0.2) is 30.4 Å². The van der Waals surface area contributed by atoms with E-state index in [1.54, 1.807) is 0 Å². The highest BCUT2D eigenvalue weighted by atomic mass is 16.2. The molecule has 4 nitrogen and oxygen atoms in total. The quantitative estimate of drug-likeness (QED) is 0.618. The summed E-state index contributed by atoms with van der Waals surface area (Å²) in [5.74, 6) is 0.304. The summed E-state index contributed by atoms with van der Waals surface area (Å²) in [5, 5.41) is 3.36. The van der Waals surface area contributed by atoms with Gasteiger partial charge in [-0.15, -0.1) is 0 Å². The second-order valence-corrected chi connectivity index (χ2v) is 4.84. The molecule has 0 unspecified atom stereocenters. The molecule has 3 N–H and O–H groups in total. The standard InChI is InChI=1S/C14H21N3O/c1-11-10-12(5-6-13(11)15)16-7-3-9-17-8-2-4-14(17)18/h5-6,10,16H,2-4,7-9,15H2,1H3. The molecule has 0 radical (unpaired) electrons. The average Bonchev–Trinajstić information content (AvgIpc) is 2.75. The Morgan fingerprint density at radius 2 is 2.28 bits per heavy atom. The molecule has 0 saturated carbocycles. The first-order valence-corrected chi connectivity index (χ1v) is 6.54. The van der Waals surface area contributed by atoms with Crippen LogP contribution in [-0.2, 0) is 4.79 Å². The van der Waals surface area contributed by atoms with Gasteiger partial charge in [-0.3, -0.25) is 4.79 Å². The largest absolute Gasteiger partial charge is 0.399 e. The van der Waals surface area contributed by atoms with Crippen LogP contribution in [0.2, 0.25) is 0 Å². The van der Waals surface area contributed by atoms with Crippen LogP contribution >= 0.6 is 0 Å². The van der Waals surface area contributed by atoms with Gasteiger partial charge >= 0.3 is 0 Å². The van der Waals surface area contributed by atoms with Crippen LogP contribution in [0.5, 0.6) is 0 Å². The van der Waals surface area contributed by atoms with E-state index in [9.17, 15) is 4.79 Å². The van der Waals surface area contributed by atoms with E-state index in [4.69, 9.17) is 5.73 Å². The van der Waals surface area contributed by atoms with Gasteiger partial charge in [-0.25, -0.2) is 0 Å². The maximum atomic E-state index is 11.4. The Balaban J connectivity index is 1.71. The zero-order valence-electron chi connectivity index (χ0n) is 10.9. The third-order valence-electron chi connectivity index (χ3n) is 3.38. The SMILES string of the molecule is Cc1cc(NCCCN2CCCC2=O)ccc1N. The van der Waals surface area contributed by atoms with Crippen molar-refractivity contribution in [2.75, 3.05) is 30.7 Å². The number of nitrogens with two attached hydrogens (primary N) is 1. The predicted octanol–water partition coefficient (Wildman–Crippen LogP) is 2.00. The molecule has 1 aliphatic heterocycles. The highest BCUT2D eigenvalue weighted by molar-refractivity contribution is 5.78. The number of hydrogen-bond donors (Lipinski definition) is 2. The highest BCUT2D eigenvalue weighted by Crippen LogP contribution is 2.16. The number of carbonyl (C=O) groups excluding carboxylic acids is 1. The van der Waals surface area contributed by atoms with Crippen molar-refractivity contribution in [3.63, 3.8) is 0 Å². The number of amides is 1. The van der Waals surface area contributed by atoms with E-state index in [1.165, 1.54) is 0 Å². The van der Waals surface area contributed by atoms with Crippen LogP contribution in [0.3, 0.4) is 0 Å². The number of nitrogen functional groups attached to an aromatic ring is 1. The molecule has 1 aliphatic rings. The van der Waals surface area contributed by atoms with Gasteiger partial charge in [0.2, 0.25) is 5.91 Å². The molecule has 0 aromatic heterocycles. The summed E-state index contributed by atoms with van der Waals surface area (Å²) < 4.78 is 0. The van der Waals surface area contributed by atoms with Gasteiger partial charge in [0.25, 0.3) is 0 Å². The second kappa shape index (κ2) is 5.76. The lowest BCUT2D eigenvalue weighted by atomic mass is 10.2. The van der Waals surface area contributed by atoms with Crippen LogP contribution in [0.1, 0.15) is 24.8 Å². The lowest BCUT2D eigenvalue weighted by Crippen LogP contribution is -2.26. The number of nitrogens with one attached hydrogen (secondary N) is 1. The van der Waals surface area contributed by atoms with Gasteiger partial charge in [-0.05, 0) is 43.5 Å². The average molecular weight is 247 g/mol. The van der Waals surface area contributed by atoms with Crippen LogP contribution in [0.25, 0.3) is 0 Å². The fraction of sp³-hybridized carbons (Fsp3) is 0.500. The summed E-state index contributed by atoms with van der Waals surface area (Å²) >= 11 is 0. The Morgan fingerprint density at radius 3 is 2.94 bits per heavy atom. The Morgan fingerprint density at radius 1 is 1.44 bits per heavy atom. The Bertz CT molecular complexity index is 431. The Labute approximate surface area is 108 Å². The smallest absolute Gasteiger partial charge is 0.222 e. The fourth-order valence-corrected chi connectivity index (χ4v) is 2.23. The molecular weight excluding hydrogens is 226 g/mol. The lowest BCUT2D eigenvalue weighted by molar-refractivity contribution is -0.127. The molecule has 1 heterocycles. The molecular formula is C14H21N3O. The van der Waals surface area contributed by atoms with Crippen molar-refractivity contribution in [1.82, 2.24) is 4.90 Å². The van der Waals surface area contributed by atoms with E-state index in [0.29, 0.717) is 5.91 Å². The number of anilines is 2. The van der Waals surface area contributed by atoms with E-state index < -0.39 is 0 Å². The summed E-state index contributed by atoms with van der Waals surface area (Å²) in [6, 6.07) is 5.96. The summed E-state index contributed by atoms with van der Waals surface area (Å²) in [6.45, 7) is 4.68. The van der Waals surface area contributed by atoms with Crippen molar-refractivity contribution in [3.05, 3.63) is 23.8 Å². The maximum absolute atomic E-state index is 11.4. The third kappa shape index (κ3) is 3.15. The second-order valence-electron chi connectivity index (χ2n) is 4.84. The highest BCUT2D eigenvalue weighted by Gasteiger charge is 2.18. The van der Waals surface area contributed by atoms with Gasteiger partial charge in [0, 0.05) is 37.4 Å². The Kier molecular flexibility index (Phi) is 4.07. The van der Waals surface area contributed by atoms with Crippen molar-refractivity contribution < 1.29 is 4.79 Å². The molecule has 4 heteroatoms. The first-order chi connectivity index (χ1) is 8.66. The number of rotatable bonds is 5. The van der Waals surface area contributed by atoms with Crippen LogP contribution in [0.4, 0.5) is 11.4 Å². The molecule has 0 spiro atoms. The van der Waals surface area contributed by atoms with E-state index in [-0.39, 0.29) is 0 Å². The number of aryl methyl sites for hydroxylation is 1. The minimum Gasteiger partial charge on any atom is -0.399 e. The summed E-state index contributed by atoms with van der Waals surface area (Å²) in [5.41, 5.74) is 8.78. The van der Waals surface area contributed by atoms with Gasteiger partial charge in [0.05, 0.1) is 0 Å². The van der Waals surface area contributed by atoms with Gasteiger partial charge in [-0.2, -0.15) is 0 Å². The molecule has 1 aromatic carbocycles. The van der Waals surface area contributed by atoms with Gasteiger partial charge in [0.1, 0.15) is 0 Å². The molecule has 98 valence electrons. The summed E-state index contributed by atoms with van der Waals surface area (Å²) in [4.78, 5) is 13.4. The Hall–Kier alpha value is -1.71. The lowest BCUT2D eigenvalue weighted by Gasteiger charge is -2.15. The molecule has 1 saturated heterocycles. The molecule has 0 atom stereocenters. The molecule has 18 heavy (non-hydrogen) atoms.